The molecule has 0 aromatic heterocycles. The molecule has 8 nitrogen and oxygen atoms in total. The average molecular weight is 481 g/mol. The molecule has 0 aliphatic carbocycles. The monoisotopic (exact) mass is 479 g/mol. The fourth-order valence-corrected chi connectivity index (χ4v) is 3.56. The number of imide groups is 1. The molecule has 1 N–H and O–H groups in total. The molecular formula is C18H12BrClFN5O3. The number of hydrogen-bond donors (Lipinski definition) is 1. The van der Waals surface area contributed by atoms with Crippen molar-refractivity contribution in [2.24, 2.45) is 10.3 Å². The fourth-order valence-electron chi connectivity index (χ4n) is 3.12. The predicted molar refractivity (Wildman–Crippen MR) is 106 cm³/mol. The van der Waals surface area contributed by atoms with Crippen LogP contribution in [-0.2, 0) is 14.4 Å². The van der Waals surface area contributed by atoms with Gasteiger partial charge in [0.05, 0.1) is 10.7 Å². The lowest BCUT2D eigenvalue weighted by Gasteiger charge is -2.20. The summed E-state index contributed by atoms with van der Waals surface area (Å²) in [5, 5.41) is 11.3. The van der Waals surface area contributed by atoms with E-state index in [1.165, 1.54) is 17.1 Å². The molecule has 148 valence electrons. The minimum atomic E-state index is -1.00. The van der Waals surface area contributed by atoms with Crippen LogP contribution in [0.25, 0.3) is 0 Å². The lowest BCUT2D eigenvalue weighted by Crippen LogP contribution is -2.43. The molecule has 2 aromatic carbocycles. The van der Waals surface area contributed by atoms with Gasteiger partial charge in [-0.1, -0.05) is 32.8 Å². The molecule has 11 heteroatoms. The van der Waals surface area contributed by atoms with E-state index in [4.69, 9.17) is 11.6 Å². The van der Waals surface area contributed by atoms with Gasteiger partial charge in [0.25, 0.3) is 11.8 Å². The van der Waals surface area contributed by atoms with Crippen molar-refractivity contribution in [3.63, 3.8) is 0 Å². The Hall–Kier alpha value is -2.85. The van der Waals surface area contributed by atoms with Gasteiger partial charge < -0.3 is 5.32 Å². The Bertz CT molecular complexity index is 1050. The second-order valence-corrected chi connectivity index (χ2v) is 7.68. The molecule has 2 aliphatic rings. The third-order valence-electron chi connectivity index (χ3n) is 4.45. The van der Waals surface area contributed by atoms with Gasteiger partial charge in [-0.2, -0.15) is 5.11 Å². The van der Waals surface area contributed by atoms with Crippen LogP contribution < -0.4 is 10.2 Å². The third-order valence-corrected chi connectivity index (χ3v) is 5.27. The van der Waals surface area contributed by atoms with Crippen LogP contribution in [0.2, 0.25) is 5.02 Å². The number of nitrogens with zero attached hydrogens (tertiary/aromatic N) is 4. The number of nitrogens with one attached hydrogen (secondary N) is 1. The number of halogens is 3. The van der Waals surface area contributed by atoms with E-state index in [1.807, 2.05) is 0 Å². The highest BCUT2D eigenvalue weighted by Crippen LogP contribution is 2.32. The van der Waals surface area contributed by atoms with Crippen molar-refractivity contribution in [1.82, 2.24) is 5.01 Å². The van der Waals surface area contributed by atoms with E-state index in [0.717, 1.165) is 15.4 Å². The van der Waals surface area contributed by atoms with Crippen LogP contribution in [0.1, 0.15) is 0 Å². The van der Waals surface area contributed by atoms with Crippen LogP contribution in [0, 0.1) is 5.82 Å². The minimum Gasteiger partial charge on any atom is -0.324 e. The van der Waals surface area contributed by atoms with Crippen LogP contribution in [0.5, 0.6) is 0 Å². The Morgan fingerprint density at radius 3 is 2.59 bits per heavy atom. The lowest BCUT2D eigenvalue weighted by atomic mass is 10.1. The second kappa shape index (κ2) is 7.53. The molecule has 1 saturated heterocycles. The Labute approximate surface area is 177 Å². The van der Waals surface area contributed by atoms with Crippen LogP contribution in [-0.4, -0.2) is 41.4 Å². The van der Waals surface area contributed by atoms with Gasteiger partial charge >= 0.3 is 0 Å². The zero-order valence-electron chi connectivity index (χ0n) is 14.6. The summed E-state index contributed by atoms with van der Waals surface area (Å²) >= 11 is 9.00. The summed E-state index contributed by atoms with van der Waals surface area (Å²) in [5.41, 5.74) is 0.706. The number of fused-ring (bicyclic) bond motifs is 1. The third kappa shape index (κ3) is 3.60. The van der Waals surface area contributed by atoms with Crippen molar-refractivity contribution >= 4 is 56.6 Å². The fraction of sp³-hybridized carbons (Fsp3) is 0.167. The van der Waals surface area contributed by atoms with Crippen LogP contribution in [0.4, 0.5) is 15.8 Å². The molecule has 2 atom stereocenters. The average Bonchev–Trinajstić information content (AvgIpc) is 3.19. The second-order valence-electron chi connectivity index (χ2n) is 6.36. The van der Waals surface area contributed by atoms with Crippen LogP contribution >= 0.6 is 27.5 Å². The maximum absolute atomic E-state index is 13.2. The topological polar surface area (TPSA) is 94.4 Å². The molecule has 2 aromatic rings. The number of hydrogen-bond acceptors (Lipinski definition) is 6. The van der Waals surface area contributed by atoms with E-state index >= 15 is 0 Å². The van der Waals surface area contributed by atoms with Crippen molar-refractivity contribution in [2.75, 3.05) is 16.8 Å². The Kier molecular flexibility index (Phi) is 5.05. The molecule has 4 rings (SSSR count). The zero-order chi connectivity index (χ0) is 20.7. The lowest BCUT2D eigenvalue weighted by molar-refractivity contribution is -0.123. The standard InChI is InChI=1S/C18H12BrClFN5O3/c19-9-1-4-11(5-2-9)26-17(28)15-16(18(26)29)25(24-23-15)8-14(27)22-10-3-6-13(21)12(20)7-10/h1-7,15-16H,8H2,(H,22,27)/t15-,16-/m1/s1. The molecule has 2 aliphatic heterocycles. The van der Waals surface area contributed by atoms with Crippen molar-refractivity contribution in [3.8, 4) is 0 Å². The summed E-state index contributed by atoms with van der Waals surface area (Å²) < 4.78 is 14.0. The Morgan fingerprint density at radius 2 is 1.90 bits per heavy atom. The molecule has 2 heterocycles. The van der Waals surface area contributed by atoms with Gasteiger partial charge in [-0.3, -0.25) is 19.4 Å². The van der Waals surface area contributed by atoms with E-state index in [0.29, 0.717) is 11.4 Å². The normalized spacial score (nSPS) is 20.4. The highest BCUT2D eigenvalue weighted by atomic mass is 79.9. The number of amides is 3. The SMILES string of the molecule is O=C(CN1N=N[C@H]2C(=O)N(c3ccc(Br)cc3)C(=O)[C@@H]21)Nc1ccc(F)c(Cl)c1. The van der Waals surface area contributed by atoms with E-state index < -0.39 is 35.6 Å². The molecule has 3 amide bonds. The van der Waals surface area contributed by atoms with Crippen molar-refractivity contribution in [2.45, 2.75) is 12.1 Å². The highest BCUT2D eigenvalue weighted by Gasteiger charge is 2.55. The molecular weight excluding hydrogens is 469 g/mol. The van der Waals surface area contributed by atoms with Crippen LogP contribution in [0.3, 0.4) is 0 Å². The molecule has 29 heavy (non-hydrogen) atoms. The highest BCUT2D eigenvalue weighted by molar-refractivity contribution is 9.10. The smallest absolute Gasteiger partial charge is 0.263 e. The minimum absolute atomic E-state index is 0.134. The van der Waals surface area contributed by atoms with E-state index in [2.05, 4.69) is 31.6 Å². The van der Waals surface area contributed by atoms with Gasteiger partial charge in [-0.25, -0.2) is 9.29 Å². The molecule has 0 spiro atoms. The van der Waals surface area contributed by atoms with E-state index in [-0.39, 0.29) is 11.6 Å². The molecule has 0 saturated carbocycles. The number of carbonyl (C=O) groups is 3. The molecule has 0 radical (unpaired) electrons. The first-order valence-corrected chi connectivity index (χ1v) is 9.58. The first-order chi connectivity index (χ1) is 13.8. The van der Waals surface area contributed by atoms with Crippen molar-refractivity contribution in [3.05, 3.63) is 57.8 Å². The number of anilines is 2. The summed E-state index contributed by atoms with van der Waals surface area (Å²) in [6.45, 7) is -0.313. The largest absolute Gasteiger partial charge is 0.324 e. The quantitative estimate of drug-likeness (QED) is 0.680. The summed E-state index contributed by atoms with van der Waals surface area (Å²) in [5.74, 6) is -2.14. The predicted octanol–water partition coefficient (Wildman–Crippen LogP) is 3.17. The number of benzene rings is 2. The van der Waals surface area contributed by atoms with Gasteiger partial charge in [-0.05, 0) is 42.5 Å². The van der Waals surface area contributed by atoms with Crippen molar-refractivity contribution in [1.29, 1.82) is 0 Å². The molecule has 1 fully saturated rings. The number of carbonyl (C=O) groups excluding carboxylic acids is 3. The van der Waals surface area contributed by atoms with Gasteiger partial charge in [0.1, 0.15) is 12.4 Å². The van der Waals surface area contributed by atoms with Gasteiger partial charge in [0.15, 0.2) is 12.1 Å². The van der Waals surface area contributed by atoms with Gasteiger partial charge in [-0.15, -0.1) is 0 Å². The first kappa shape index (κ1) is 19.5. The Balaban J connectivity index is 1.48. The molecule has 0 unspecified atom stereocenters. The first-order valence-electron chi connectivity index (χ1n) is 8.41. The Morgan fingerprint density at radius 1 is 1.17 bits per heavy atom. The summed E-state index contributed by atoms with van der Waals surface area (Å²) in [7, 11) is 0. The summed E-state index contributed by atoms with van der Waals surface area (Å²) in [6, 6.07) is 8.44. The van der Waals surface area contributed by atoms with Gasteiger partial charge in [0.2, 0.25) is 5.91 Å². The van der Waals surface area contributed by atoms with Crippen molar-refractivity contribution < 1.29 is 18.8 Å². The van der Waals surface area contributed by atoms with Crippen LogP contribution in [0.15, 0.2) is 57.3 Å². The van der Waals surface area contributed by atoms with E-state index in [1.54, 1.807) is 24.3 Å². The zero-order valence-corrected chi connectivity index (χ0v) is 16.9. The van der Waals surface area contributed by atoms with Gasteiger partial charge in [0, 0.05) is 10.2 Å². The maximum Gasteiger partial charge on any atom is 0.263 e. The maximum atomic E-state index is 13.2. The summed E-state index contributed by atoms with van der Waals surface area (Å²) in [4.78, 5) is 38.9. The molecule has 0 bridgehead atoms. The number of rotatable bonds is 4. The van der Waals surface area contributed by atoms with E-state index in [9.17, 15) is 18.8 Å². The summed E-state index contributed by atoms with van der Waals surface area (Å²) in [6.07, 6.45) is 0.